The molecule has 0 unspecified atom stereocenters. The number of rotatable bonds is 5. The van der Waals surface area contributed by atoms with E-state index in [0.29, 0.717) is 24.4 Å². The Morgan fingerprint density at radius 1 is 1.23 bits per heavy atom. The molecule has 138 valence electrons. The second-order valence-electron chi connectivity index (χ2n) is 5.76. The van der Waals surface area contributed by atoms with Crippen LogP contribution in [-0.2, 0) is 17.8 Å². The van der Waals surface area contributed by atoms with Crippen molar-refractivity contribution in [2.24, 2.45) is 5.73 Å². The first-order chi connectivity index (χ1) is 12.0. The van der Waals surface area contributed by atoms with Gasteiger partial charge in [0.25, 0.3) is 5.78 Å². The lowest BCUT2D eigenvalue weighted by Crippen LogP contribution is -2.14. The van der Waals surface area contributed by atoms with Gasteiger partial charge in [-0.15, -0.1) is 17.5 Å². The van der Waals surface area contributed by atoms with Crippen molar-refractivity contribution in [3.63, 3.8) is 0 Å². The summed E-state index contributed by atoms with van der Waals surface area (Å²) in [6, 6.07) is 7.49. The third-order valence-corrected chi connectivity index (χ3v) is 4.53. The summed E-state index contributed by atoms with van der Waals surface area (Å²) >= 11 is 3.37. The molecule has 0 radical (unpaired) electrons. The number of fused-ring (bicyclic) bond motifs is 1. The van der Waals surface area contributed by atoms with Gasteiger partial charge in [-0.25, -0.2) is 9.50 Å². The van der Waals surface area contributed by atoms with Gasteiger partial charge >= 0.3 is 0 Å². The number of hydrogen-bond acceptors (Lipinski definition) is 5. The van der Waals surface area contributed by atoms with Crippen molar-refractivity contribution in [2.75, 3.05) is 5.32 Å². The molecule has 3 N–H and O–H groups in total. The fourth-order valence-electron chi connectivity index (χ4n) is 2.69. The summed E-state index contributed by atoms with van der Waals surface area (Å²) in [4.78, 5) is 21.0. The highest BCUT2D eigenvalue weighted by Gasteiger charge is 2.14. The van der Waals surface area contributed by atoms with Crippen LogP contribution in [0.4, 0.5) is 5.69 Å². The van der Waals surface area contributed by atoms with Crippen LogP contribution in [0.3, 0.4) is 0 Å². The van der Waals surface area contributed by atoms with E-state index in [4.69, 9.17) is 5.73 Å². The van der Waals surface area contributed by atoms with Gasteiger partial charge in [-0.3, -0.25) is 4.79 Å². The average Bonchev–Trinajstić information content (AvgIpc) is 3.00. The van der Waals surface area contributed by atoms with Crippen molar-refractivity contribution in [3.8, 4) is 0 Å². The van der Waals surface area contributed by atoms with Crippen LogP contribution < -0.4 is 11.1 Å². The highest BCUT2D eigenvalue weighted by molar-refractivity contribution is 9.10. The zero-order chi connectivity index (χ0) is 18.0. The molecule has 0 aliphatic rings. The molecule has 26 heavy (non-hydrogen) atoms. The molecule has 1 amide bonds. The van der Waals surface area contributed by atoms with Gasteiger partial charge < -0.3 is 11.1 Å². The van der Waals surface area contributed by atoms with Gasteiger partial charge in [-0.2, -0.15) is 4.98 Å². The molecule has 9 heteroatoms. The Balaban J connectivity index is 0.00000243. The zero-order valence-electron chi connectivity index (χ0n) is 14.5. The summed E-state index contributed by atoms with van der Waals surface area (Å²) in [7, 11) is 0. The smallest absolute Gasteiger partial charge is 0.252 e. The second-order valence-corrected chi connectivity index (χ2v) is 6.68. The number of nitrogens with zero attached hydrogens (tertiary/aromatic N) is 4. The van der Waals surface area contributed by atoms with Crippen molar-refractivity contribution >= 4 is 45.7 Å². The molecule has 3 aromatic rings. The number of benzene rings is 1. The van der Waals surface area contributed by atoms with E-state index < -0.39 is 0 Å². The molecule has 0 atom stereocenters. The average molecular weight is 440 g/mol. The maximum absolute atomic E-state index is 12.2. The number of nitrogens with two attached hydrogens (primary N) is 1. The molecule has 0 aliphatic carbocycles. The van der Waals surface area contributed by atoms with Crippen LogP contribution in [0.2, 0.25) is 0 Å². The van der Waals surface area contributed by atoms with Gasteiger partial charge in [0.1, 0.15) is 0 Å². The first kappa shape index (κ1) is 20.3. The Bertz CT molecular complexity index is 925. The molecular weight excluding hydrogens is 420 g/mol. The minimum Gasteiger partial charge on any atom is -0.326 e. The van der Waals surface area contributed by atoms with E-state index in [9.17, 15) is 4.79 Å². The molecule has 0 aliphatic heterocycles. The summed E-state index contributed by atoms with van der Waals surface area (Å²) in [6.07, 6.45) is 0.949. The quantitative estimate of drug-likeness (QED) is 0.637. The molecule has 3 rings (SSSR count). The Morgan fingerprint density at radius 2 is 1.92 bits per heavy atom. The van der Waals surface area contributed by atoms with Crippen LogP contribution in [0, 0.1) is 13.8 Å². The fourth-order valence-corrected chi connectivity index (χ4v) is 2.96. The molecule has 7 nitrogen and oxygen atoms in total. The van der Waals surface area contributed by atoms with Crippen LogP contribution in [0.5, 0.6) is 0 Å². The minimum absolute atomic E-state index is 0. The molecule has 0 saturated carbocycles. The predicted octanol–water partition coefficient (Wildman–Crippen LogP) is 2.96. The Kier molecular flexibility index (Phi) is 6.69. The monoisotopic (exact) mass is 438 g/mol. The van der Waals surface area contributed by atoms with Crippen molar-refractivity contribution in [2.45, 2.75) is 33.2 Å². The number of aryl methyl sites for hydroxylation is 2. The first-order valence-corrected chi connectivity index (χ1v) is 8.74. The molecule has 2 heterocycles. The lowest BCUT2D eigenvalue weighted by molar-refractivity contribution is -0.116. The van der Waals surface area contributed by atoms with Gasteiger partial charge in [0.15, 0.2) is 5.82 Å². The fraction of sp³-hybridized carbons (Fsp3) is 0.294. The highest BCUT2D eigenvalue weighted by atomic mass is 79.9. The topological polar surface area (TPSA) is 98.2 Å². The van der Waals surface area contributed by atoms with Crippen LogP contribution in [0.1, 0.15) is 29.2 Å². The summed E-state index contributed by atoms with van der Waals surface area (Å²) in [6.45, 7) is 4.15. The molecule has 0 saturated heterocycles. The predicted molar refractivity (Wildman–Crippen MR) is 106 cm³/mol. The number of carbonyl (C=O) groups excluding carboxylic acids is 1. The lowest BCUT2D eigenvalue weighted by Gasteiger charge is -2.10. The van der Waals surface area contributed by atoms with Gasteiger partial charge in [0.05, 0.1) is 6.54 Å². The van der Waals surface area contributed by atoms with Crippen molar-refractivity contribution in [1.29, 1.82) is 0 Å². The molecule has 0 spiro atoms. The lowest BCUT2D eigenvalue weighted by atomic mass is 10.1. The summed E-state index contributed by atoms with van der Waals surface area (Å²) in [5, 5.41) is 7.25. The molecule has 2 aromatic heterocycles. The Labute approximate surface area is 165 Å². The molecule has 0 fully saturated rings. The number of hydrogen-bond donors (Lipinski definition) is 2. The van der Waals surface area contributed by atoms with E-state index in [1.54, 1.807) is 4.52 Å². The van der Waals surface area contributed by atoms with Crippen LogP contribution in [0.25, 0.3) is 5.78 Å². The number of anilines is 1. The normalized spacial score (nSPS) is 10.6. The third kappa shape index (κ3) is 4.38. The van der Waals surface area contributed by atoms with E-state index in [1.807, 2.05) is 38.1 Å². The Morgan fingerprint density at radius 3 is 2.58 bits per heavy atom. The molecular formula is C17H20BrClN6O. The number of halogens is 2. The highest BCUT2D eigenvalue weighted by Crippen LogP contribution is 2.17. The van der Waals surface area contributed by atoms with E-state index >= 15 is 0 Å². The molecule has 0 bridgehead atoms. The van der Waals surface area contributed by atoms with E-state index in [-0.39, 0.29) is 24.9 Å². The SMILES string of the molecule is Cc1nc2nc(CN)nn2c(C)c1CCC(=O)Nc1ccc(Br)cc1.Cl. The summed E-state index contributed by atoms with van der Waals surface area (Å²) < 4.78 is 2.66. The van der Waals surface area contributed by atoms with Crippen LogP contribution in [0.15, 0.2) is 28.7 Å². The maximum Gasteiger partial charge on any atom is 0.252 e. The second kappa shape index (κ2) is 8.57. The van der Waals surface area contributed by atoms with Crippen LogP contribution >= 0.6 is 28.3 Å². The van der Waals surface area contributed by atoms with E-state index in [0.717, 1.165) is 27.1 Å². The standard InChI is InChI=1S/C17H19BrN6O.ClH/c1-10-14(11(2)24-17(20-10)22-15(9-19)23-24)7-8-16(25)21-13-5-3-12(18)4-6-13;/h3-6H,7-9,19H2,1-2H3,(H,21,25);1H. The Hall–Kier alpha value is -2.03. The van der Waals surface area contributed by atoms with Crippen LogP contribution in [-0.4, -0.2) is 25.5 Å². The number of aromatic nitrogens is 4. The van der Waals surface area contributed by atoms with Gasteiger partial charge in [0, 0.05) is 28.0 Å². The largest absolute Gasteiger partial charge is 0.326 e. The van der Waals surface area contributed by atoms with Gasteiger partial charge in [-0.05, 0) is 50.1 Å². The number of nitrogens with one attached hydrogen (secondary N) is 1. The summed E-state index contributed by atoms with van der Waals surface area (Å²) in [5.41, 5.74) is 9.18. The van der Waals surface area contributed by atoms with Crippen molar-refractivity contribution < 1.29 is 4.79 Å². The number of carbonyl (C=O) groups is 1. The minimum atomic E-state index is -0.0394. The third-order valence-electron chi connectivity index (χ3n) is 4.01. The van der Waals surface area contributed by atoms with E-state index in [2.05, 4.69) is 36.3 Å². The zero-order valence-corrected chi connectivity index (χ0v) is 16.9. The molecule has 1 aromatic carbocycles. The van der Waals surface area contributed by atoms with Gasteiger partial charge in [0.2, 0.25) is 5.91 Å². The van der Waals surface area contributed by atoms with Crippen molar-refractivity contribution in [3.05, 3.63) is 51.5 Å². The maximum atomic E-state index is 12.2. The van der Waals surface area contributed by atoms with Crippen molar-refractivity contribution in [1.82, 2.24) is 19.6 Å². The number of amides is 1. The first-order valence-electron chi connectivity index (χ1n) is 7.95. The van der Waals surface area contributed by atoms with Gasteiger partial charge in [-0.1, -0.05) is 15.9 Å². The summed E-state index contributed by atoms with van der Waals surface area (Å²) in [5.74, 6) is 1.06. The van der Waals surface area contributed by atoms with E-state index in [1.165, 1.54) is 0 Å².